The molecule has 4 nitrogen and oxygen atoms in total. The van der Waals surface area contributed by atoms with Gasteiger partial charge in [-0.05, 0) is 43.4 Å². The third-order valence-corrected chi connectivity index (χ3v) is 6.95. The molecule has 1 aliphatic heterocycles. The standard InChI is InChI=1S/C21H36N2O2/c1-3-4-6-11-20(24)22-14-18-15(2)12-19-17(18)13-21(25)23(19)16-9-7-5-8-10-16/h15-19H,3-14H2,1-2H3,(H,22,24)/t15-,17-,18+,19+/m0/s1. The number of fused-ring (bicyclic) bond motifs is 1. The molecule has 0 aromatic rings. The molecule has 0 spiro atoms. The van der Waals surface area contributed by atoms with E-state index in [1.807, 2.05) is 0 Å². The van der Waals surface area contributed by atoms with Crippen LogP contribution in [0.5, 0.6) is 0 Å². The summed E-state index contributed by atoms with van der Waals surface area (Å²) in [6.07, 6.45) is 12.0. The lowest BCUT2D eigenvalue weighted by molar-refractivity contribution is -0.132. The van der Waals surface area contributed by atoms with Crippen LogP contribution in [0.1, 0.15) is 84.5 Å². The first-order valence-electron chi connectivity index (χ1n) is 10.7. The maximum atomic E-state index is 12.7. The van der Waals surface area contributed by atoms with E-state index in [1.54, 1.807) is 0 Å². The summed E-state index contributed by atoms with van der Waals surface area (Å²) >= 11 is 0. The second kappa shape index (κ2) is 8.55. The van der Waals surface area contributed by atoms with Gasteiger partial charge in [-0.2, -0.15) is 0 Å². The van der Waals surface area contributed by atoms with Crippen LogP contribution in [0.4, 0.5) is 0 Å². The number of nitrogens with zero attached hydrogens (tertiary/aromatic N) is 1. The minimum atomic E-state index is 0.192. The highest BCUT2D eigenvalue weighted by Crippen LogP contribution is 2.47. The molecule has 0 bridgehead atoms. The van der Waals surface area contributed by atoms with Gasteiger partial charge in [-0.25, -0.2) is 0 Å². The Kier molecular flexibility index (Phi) is 6.40. The second-order valence-corrected chi connectivity index (χ2v) is 8.67. The zero-order valence-corrected chi connectivity index (χ0v) is 16.1. The quantitative estimate of drug-likeness (QED) is 0.710. The van der Waals surface area contributed by atoms with Gasteiger partial charge in [0.15, 0.2) is 0 Å². The SMILES string of the molecule is CCCCCC(=O)NC[C@H]1[C@@H]2CC(=O)N(C3CCCCC3)[C@@H]2C[C@@H]1C. The van der Waals surface area contributed by atoms with Gasteiger partial charge < -0.3 is 10.2 Å². The van der Waals surface area contributed by atoms with Crippen molar-refractivity contribution in [3.63, 3.8) is 0 Å². The molecule has 0 unspecified atom stereocenters. The second-order valence-electron chi connectivity index (χ2n) is 8.67. The summed E-state index contributed by atoms with van der Waals surface area (Å²) < 4.78 is 0. The molecule has 25 heavy (non-hydrogen) atoms. The first-order valence-corrected chi connectivity index (χ1v) is 10.7. The van der Waals surface area contributed by atoms with Gasteiger partial charge in [-0.15, -0.1) is 0 Å². The maximum absolute atomic E-state index is 12.7. The summed E-state index contributed by atoms with van der Waals surface area (Å²) in [4.78, 5) is 27.0. The highest BCUT2D eigenvalue weighted by Gasteiger charge is 2.52. The van der Waals surface area contributed by atoms with Crippen LogP contribution in [0, 0.1) is 17.8 Å². The third kappa shape index (κ3) is 4.20. The number of hydrogen-bond donors (Lipinski definition) is 1. The Hall–Kier alpha value is -1.06. The van der Waals surface area contributed by atoms with Crippen LogP contribution in [0.2, 0.25) is 0 Å². The van der Waals surface area contributed by atoms with Crippen molar-refractivity contribution in [3.8, 4) is 0 Å². The first kappa shape index (κ1) is 18.7. The molecule has 3 aliphatic rings. The molecule has 3 rings (SSSR count). The van der Waals surface area contributed by atoms with Crippen molar-refractivity contribution in [2.24, 2.45) is 17.8 Å². The smallest absolute Gasteiger partial charge is 0.223 e. The Bertz CT molecular complexity index is 473. The molecule has 4 heteroatoms. The van der Waals surface area contributed by atoms with E-state index in [-0.39, 0.29) is 5.91 Å². The van der Waals surface area contributed by atoms with Crippen LogP contribution < -0.4 is 5.32 Å². The monoisotopic (exact) mass is 348 g/mol. The van der Waals surface area contributed by atoms with Gasteiger partial charge in [0.25, 0.3) is 0 Å². The van der Waals surface area contributed by atoms with Crippen LogP contribution in [-0.2, 0) is 9.59 Å². The van der Waals surface area contributed by atoms with Crippen molar-refractivity contribution in [2.75, 3.05) is 6.54 Å². The van der Waals surface area contributed by atoms with Crippen molar-refractivity contribution in [1.82, 2.24) is 10.2 Å². The Morgan fingerprint density at radius 2 is 1.96 bits per heavy atom. The van der Waals surface area contributed by atoms with E-state index in [9.17, 15) is 9.59 Å². The van der Waals surface area contributed by atoms with E-state index in [4.69, 9.17) is 0 Å². The third-order valence-electron chi connectivity index (χ3n) is 6.95. The molecule has 0 aromatic carbocycles. The number of carbonyl (C=O) groups excluding carboxylic acids is 2. The number of likely N-dealkylation sites (tertiary alicyclic amines) is 1. The molecule has 1 heterocycles. The molecule has 3 fully saturated rings. The minimum Gasteiger partial charge on any atom is -0.356 e. The Morgan fingerprint density at radius 1 is 1.20 bits per heavy atom. The van der Waals surface area contributed by atoms with Crippen molar-refractivity contribution >= 4 is 11.8 Å². The van der Waals surface area contributed by atoms with E-state index in [0.717, 1.165) is 32.2 Å². The van der Waals surface area contributed by atoms with Crippen molar-refractivity contribution in [1.29, 1.82) is 0 Å². The number of amides is 2. The Morgan fingerprint density at radius 3 is 2.68 bits per heavy atom. The largest absolute Gasteiger partial charge is 0.356 e. The number of rotatable bonds is 7. The van der Waals surface area contributed by atoms with Gasteiger partial charge >= 0.3 is 0 Å². The molecule has 2 aliphatic carbocycles. The zero-order chi connectivity index (χ0) is 17.8. The molecule has 1 saturated heterocycles. The molecule has 0 radical (unpaired) electrons. The van der Waals surface area contributed by atoms with E-state index in [2.05, 4.69) is 24.1 Å². The van der Waals surface area contributed by atoms with Crippen molar-refractivity contribution < 1.29 is 9.59 Å². The van der Waals surface area contributed by atoms with Crippen molar-refractivity contribution in [2.45, 2.75) is 96.6 Å². The van der Waals surface area contributed by atoms with Gasteiger partial charge in [-0.3, -0.25) is 9.59 Å². The van der Waals surface area contributed by atoms with Crippen molar-refractivity contribution in [3.05, 3.63) is 0 Å². The predicted octanol–water partition coefficient (Wildman–Crippen LogP) is 3.89. The van der Waals surface area contributed by atoms with E-state index >= 15 is 0 Å². The number of nitrogens with one attached hydrogen (secondary N) is 1. The molecule has 142 valence electrons. The predicted molar refractivity (Wildman–Crippen MR) is 100 cm³/mol. The first-order chi connectivity index (χ1) is 12.1. The summed E-state index contributed by atoms with van der Waals surface area (Å²) in [5.41, 5.74) is 0. The Labute approximate surface area is 153 Å². The van der Waals surface area contributed by atoms with Gasteiger partial charge in [0, 0.05) is 31.5 Å². The average molecular weight is 349 g/mol. The molecule has 0 aromatic heterocycles. The normalized spacial score (nSPS) is 32.9. The van der Waals surface area contributed by atoms with Gasteiger partial charge in [0.2, 0.25) is 11.8 Å². The fourth-order valence-corrected chi connectivity index (χ4v) is 5.58. The van der Waals surface area contributed by atoms with Crippen LogP contribution in [-0.4, -0.2) is 35.3 Å². The molecule has 1 N–H and O–H groups in total. The van der Waals surface area contributed by atoms with Crippen LogP contribution >= 0.6 is 0 Å². The molecular formula is C21H36N2O2. The van der Waals surface area contributed by atoms with Gasteiger partial charge in [-0.1, -0.05) is 46.0 Å². The summed E-state index contributed by atoms with van der Waals surface area (Å²) in [5.74, 6) is 2.11. The highest BCUT2D eigenvalue weighted by molar-refractivity contribution is 5.80. The minimum absolute atomic E-state index is 0.192. The van der Waals surface area contributed by atoms with Gasteiger partial charge in [0.05, 0.1) is 0 Å². The fraction of sp³-hybridized carbons (Fsp3) is 0.905. The Balaban J connectivity index is 1.55. The van der Waals surface area contributed by atoms with E-state index in [1.165, 1.54) is 32.1 Å². The number of unbranched alkanes of at least 4 members (excludes halogenated alkanes) is 2. The molecular weight excluding hydrogens is 312 g/mol. The molecule has 2 saturated carbocycles. The summed E-state index contributed by atoms with van der Waals surface area (Å²) in [6, 6.07) is 0.929. The molecule has 4 atom stereocenters. The summed E-state index contributed by atoms with van der Waals surface area (Å²) in [7, 11) is 0. The topological polar surface area (TPSA) is 49.4 Å². The number of hydrogen-bond acceptors (Lipinski definition) is 2. The summed E-state index contributed by atoms with van der Waals surface area (Å²) in [5, 5.41) is 3.17. The fourth-order valence-electron chi connectivity index (χ4n) is 5.58. The van der Waals surface area contributed by atoms with Crippen LogP contribution in [0.15, 0.2) is 0 Å². The summed E-state index contributed by atoms with van der Waals surface area (Å²) in [6.45, 7) is 5.24. The average Bonchev–Trinajstić information content (AvgIpc) is 3.07. The lowest BCUT2D eigenvalue weighted by Gasteiger charge is -2.35. The van der Waals surface area contributed by atoms with Crippen LogP contribution in [0.25, 0.3) is 0 Å². The molecule has 2 amide bonds. The highest BCUT2D eigenvalue weighted by atomic mass is 16.2. The lowest BCUT2D eigenvalue weighted by Crippen LogP contribution is -2.43. The maximum Gasteiger partial charge on any atom is 0.223 e. The van der Waals surface area contributed by atoms with Gasteiger partial charge in [0.1, 0.15) is 0 Å². The lowest BCUT2D eigenvalue weighted by atomic mass is 9.88. The van der Waals surface area contributed by atoms with E-state index in [0.29, 0.717) is 48.6 Å². The van der Waals surface area contributed by atoms with E-state index < -0.39 is 0 Å². The zero-order valence-electron chi connectivity index (χ0n) is 16.1. The number of carbonyl (C=O) groups is 2. The van der Waals surface area contributed by atoms with Crippen LogP contribution in [0.3, 0.4) is 0 Å².